The lowest BCUT2D eigenvalue weighted by Gasteiger charge is -2.20. The molecule has 0 aliphatic carbocycles. The summed E-state index contributed by atoms with van der Waals surface area (Å²) in [6.07, 6.45) is -13.2. The topological polar surface area (TPSA) is 161 Å². The molecule has 18 heteroatoms. The van der Waals surface area contributed by atoms with Crippen LogP contribution in [0.25, 0.3) is 11.4 Å². The lowest BCUT2D eigenvalue weighted by atomic mass is 10.0. The van der Waals surface area contributed by atoms with E-state index in [9.17, 15) is 50.6 Å². The molecule has 0 aliphatic heterocycles. The molecule has 3 amide bonds. The molecule has 3 aromatic rings. The van der Waals surface area contributed by atoms with Crippen LogP contribution in [-0.4, -0.2) is 56.0 Å². The Morgan fingerprint density at radius 3 is 2.28 bits per heavy atom. The summed E-state index contributed by atoms with van der Waals surface area (Å²) in [5, 5.41) is 18.2. The van der Waals surface area contributed by atoms with Gasteiger partial charge in [-0.05, 0) is 42.0 Å². The number of amides is 3. The molecule has 0 saturated heterocycles. The predicted molar refractivity (Wildman–Crippen MR) is 138 cm³/mol. The molecule has 0 spiro atoms. The fraction of sp³-hybridized carbons (Fsp3) is 0.320. The van der Waals surface area contributed by atoms with E-state index < -0.39 is 66.6 Å². The summed E-state index contributed by atoms with van der Waals surface area (Å²) in [5.74, 6) is -3.32. The zero-order chi connectivity index (χ0) is 32.1. The van der Waals surface area contributed by atoms with Gasteiger partial charge in [-0.15, -0.1) is 5.10 Å². The van der Waals surface area contributed by atoms with Crippen molar-refractivity contribution >= 4 is 29.3 Å². The number of aliphatic hydroxyl groups excluding tert-OH is 1. The minimum atomic E-state index is -5.10. The van der Waals surface area contributed by atoms with Crippen molar-refractivity contribution in [1.29, 1.82) is 0 Å². The normalized spacial score (nSPS) is 13.3. The first-order chi connectivity index (χ1) is 20.0. The SMILES string of the molecule is NC(=O)CCNC(=O)C(NC(=O)Cn1nc(-c2ccc(Cl)cc2)n(C[C@H](O)C(F)(F)F)c1=O)c1cccc(C(F)(F)F)c1. The van der Waals surface area contributed by atoms with E-state index in [2.05, 4.69) is 15.7 Å². The number of primary amides is 1. The molecule has 5 N–H and O–H groups in total. The van der Waals surface area contributed by atoms with Gasteiger partial charge >= 0.3 is 18.0 Å². The molecule has 3 rings (SSSR count). The Labute approximate surface area is 243 Å². The molecule has 2 atom stereocenters. The van der Waals surface area contributed by atoms with Gasteiger partial charge in [0.1, 0.15) is 12.6 Å². The Kier molecular flexibility index (Phi) is 10.2. The van der Waals surface area contributed by atoms with Crippen LogP contribution in [-0.2, 0) is 33.6 Å². The van der Waals surface area contributed by atoms with Crippen molar-refractivity contribution in [2.75, 3.05) is 6.54 Å². The van der Waals surface area contributed by atoms with Gasteiger partial charge in [0.05, 0.1) is 12.1 Å². The molecule has 43 heavy (non-hydrogen) atoms. The number of carbonyl (C=O) groups is 3. The van der Waals surface area contributed by atoms with Crippen molar-refractivity contribution in [3.05, 3.63) is 75.2 Å². The second-order valence-electron chi connectivity index (χ2n) is 9.07. The maximum absolute atomic E-state index is 13.3. The Bertz CT molecular complexity index is 1540. The molecule has 1 unspecified atom stereocenters. The van der Waals surface area contributed by atoms with Crippen LogP contribution >= 0.6 is 11.6 Å². The minimum absolute atomic E-state index is 0.103. The van der Waals surface area contributed by atoms with Gasteiger partial charge in [0, 0.05) is 23.6 Å². The highest BCUT2D eigenvalue weighted by molar-refractivity contribution is 6.30. The van der Waals surface area contributed by atoms with Crippen LogP contribution in [0.2, 0.25) is 5.02 Å². The number of hydrogen-bond donors (Lipinski definition) is 4. The van der Waals surface area contributed by atoms with Gasteiger partial charge < -0.3 is 21.5 Å². The number of nitrogens with one attached hydrogen (secondary N) is 2. The number of halogens is 7. The first kappa shape index (κ1) is 33.1. The Hall–Kier alpha value is -4.38. The first-order valence-corrected chi connectivity index (χ1v) is 12.6. The second kappa shape index (κ2) is 13.3. The summed E-state index contributed by atoms with van der Waals surface area (Å²) in [4.78, 5) is 49.8. The number of carbonyl (C=O) groups excluding carboxylic acids is 3. The molecular weight excluding hydrogens is 614 g/mol. The average molecular weight is 637 g/mol. The highest BCUT2D eigenvalue weighted by Gasteiger charge is 2.39. The van der Waals surface area contributed by atoms with E-state index in [0.717, 1.165) is 18.2 Å². The quantitative estimate of drug-likeness (QED) is 0.236. The maximum atomic E-state index is 13.3. The fourth-order valence-corrected chi connectivity index (χ4v) is 3.87. The Balaban J connectivity index is 1.95. The molecule has 2 aromatic carbocycles. The van der Waals surface area contributed by atoms with Crippen molar-refractivity contribution in [2.24, 2.45) is 5.73 Å². The van der Waals surface area contributed by atoms with Crippen LogP contribution in [0.1, 0.15) is 23.6 Å². The third kappa shape index (κ3) is 8.81. The third-order valence-electron chi connectivity index (χ3n) is 5.84. The monoisotopic (exact) mass is 636 g/mol. The second-order valence-corrected chi connectivity index (χ2v) is 9.51. The lowest BCUT2D eigenvalue weighted by molar-refractivity contribution is -0.207. The highest BCUT2D eigenvalue weighted by atomic mass is 35.5. The zero-order valence-electron chi connectivity index (χ0n) is 21.7. The van der Waals surface area contributed by atoms with Crippen LogP contribution in [0, 0.1) is 0 Å². The third-order valence-corrected chi connectivity index (χ3v) is 6.09. The molecule has 11 nitrogen and oxygen atoms in total. The van der Waals surface area contributed by atoms with Crippen LogP contribution in [0.5, 0.6) is 0 Å². The van der Waals surface area contributed by atoms with E-state index in [0.29, 0.717) is 15.3 Å². The van der Waals surface area contributed by atoms with E-state index in [1.54, 1.807) is 0 Å². The molecular formula is C25H23ClF6N6O5. The van der Waals surface area contributed by atoms with Crippen LogP contribution < -0.4 is 22.1 Å². The largest absolute Gasteiger partial charge is 0.416 e. The molecule has 0 saturated carbocycles. The number of nitrogens with two attached hydrogens (primary N) is 1. The molecule has 1 heterocycles. The number of benzene rings is 2. The highest BCUT2D eigenvalue weighted by Crippen LogP contribution is 2.31. The number of hydrogen-bond acceptors (Lipinski definition) is 6. The van der Waals surface area contributed by atoms with Crippen molar-refractivity contribution in [3.8, 4) is 11.4 Å². The zero-order valence-corrected chi connectivity index (χ0v) is 22.5. The van der Waals surface area contributed by atoms with Gasteiger partial charge in [-0.3, -0.25) is 19.0 Å². The summed E-state index contributed by atoms with van der Waals surface area (Å²) in [5.41, 5.74) is 2.43. The van der Waals surface area contributed by atoms with Gasteiger partial charge in [-0.25, -0.2) is 9.48 Å². The van der Waals surface area contributed by atoms with E-state index in [4.69, 9.17) is 17.3 Å². The Morgan fingerprint density at radius 1 is 1.05 bits per heavy atom. The molecule has 0 radical (unpaired) electrons. The van der Waals surface area contributed by atoms with Crippen molar-refractivity contribution in [2.45, 2.75) is 44.0 Å². The van der Waals surface area contributed by atoms with Gasteiger partial charge in [0.2, 0.25) is 17.7 Å². The van der Waals surface area contributed by atoms with Gasteiger partial charge in [-0.2, -0.15) is 26.3 Å². The summed E-state index contributed by atoms with van der Waals surface area (Å²) in [6.45, 7) is -2.58. The maximum Gasteiger partial charge on any atom is 0.416 e. The van der Waals surface area contributed by atoms with Crippen LogP contribution in [0.15, 0.2) is 53.3 Å². The van der Waals surface area contributed by atoms with Gasteiger partial charge in [-0.1, -0.05) is 23.7 Å². The lowest BCUT2D eigenvalue weighted by Crippen LogP contribution is -2.43. The van der Waals surface area contributed by atoms with E-state index in [1.807, 2.05) is 0 Å². The summed E-state index contributed by atoms with van der Waals surface area (Å²) >= 11 is 5.84. The van der Waals surface area contributed by atoms with Crippen molar-refractivity contribution < 1.29 is 45.8 Å². The van der Waals surface area contributed by atoms with Gasteiger partial charge in [0.25, 0.3) is 0 Å². The number of rotatable bonds is 11. The molecule has 0 aliphatic rings. The van der Waals surface area contributed by atoms with Crippen molar-refractivity contribution in [3.63, 3.8) is 0 Å². The first-order valence-electron chi connectivity index (χ1n) is 12.2. The minimum Gasteiger partial charge on any atom is -0.382 e. The summed E-state index contributed by atoms with van der Waals surface area (Å²) in [7, 11) is 0. The van der Waals surface area contributed by atoms with E-state index in [-0.39, 0.29) is 34.9 Å². The Morgan fingerprint density at radius 2 is 1.70 bits per heavy atom. The molecule has 0 fully saturated rings. The van der Waals surface area contributed by atoms with Crippen LogP contribution in [0.4, 0.5) is 26.3 Å². The number of aliphatic hydroxyl groups is 1. The average Bonchev–Trinajstić information content (AvgIpc) is 3.20. The summed E-state index contributed by atoms with van der Waals surface area (Å²) < 4.78 is 80.1. The smallest absolute Gasteiger partial charge is 0.382 e. The van der Waals surface area contributed by atoms with Gasteiger partial charge in [0.15, 0.2) is 11.9 Å². The molecule has 0 bridgehead atoms. The van der Waals surface area contributed by atoms with Crippen LogP contribution in [0.3, 0.4) is 0 Å². The molecule has 1 aromatic heterocycles. The predicted octanol–water partition coefficient (Wildman–Crippen LogP) is 2.16. The molecule has 232 valence electrons. The number of aromatic nitrogens is 3. The standard InChI is InChI=1S/C25H23ClF6N6O5/c26-16-6-4-13(5-7-16)21-36-38(23(43)37(21)11-17(39)25(30,31)32)12-19(41)35-20(22(42)34-9-8-18(33)40)14-2-1-3-15(10-14)24(27,28)29/h1-7,10,17,20,39H,8-9,11-12H2,(H2,33,40)(H,34,42)(H,35,41)/t17-,20?/m0/s1. The fourth-order valence-electron chi connectivity index (χ4n) is 3.75. The number of nitrogens with zero attached hydrogens (tertiary/aromatic N) is 3. The summed E-state index contributed by atoms with van der Waals surface area (Å²) in [6, 6.07) is 7.04. The van der Waals surface area contributed by atoms with Crippen molar-refractivity contribution in [1.82, 2.24) is 25.0 Å². The van der Waals surface area contributed by atoms with E-state index in [1.165, 1.54) is 24.3 Å². The van der Waals surface area contributed by atoms with E-state index >= 15 is 0 Å². The number of alkyl halides is 6.